The van der Waals surface area contributed by atoms with E-state index in [1.807, 2.05) is 26.8 Å². The van der Waals surface area contributed by atoms with E-state index in [-0.39, 0.29) is 6.10 Å². The van der Waals surface area contributed by atoms with Crippen molar-refractivity contribution in [1.29, 1.82) is 0 Å². The van der Waals surface area contributed by atoms with Crippen LogP contribution in [0.15, 0.2) is 10.7 Å². The molecule has 5 heteroatoms. The number of hydrogen-bond donors (Lipinski definition) is 1. The highest BCUT2D eigenvalue weighted by Gasteiger charge is 2.03. The van der Waals surface area contributed by atoms with E-state index in [1.54, 1.807) is 0 Å². The third-order valence-electron chi connectivity index (χ3n) is 1.83. The number of ether oxygens (including phenoxy) is 1. The number of aryl methyl sites for hydroxylation is 1. The second-order valence-corrected chi connectivity index (χ2v) is 4.08. The van der Waals surface area contributed by atoms with Crippen LogP contribution in [0.2, 0.25) is 0 Å². The first kappa shape index (κ1) is 12.4. The molecule has 15 heavy (non-hydrogen) atoms. The van der Waals surface area contributed by atoms with Gasteiger partial charge >= 0.3 is 0 Å². The Morgan fingerprint density at radius 1 is 1.53 bits per heavy atom. The molecular weight excluding hydrogens is 258 g/mol. The van der Waals surface area contributed by atoms with E-state index >= 15 is 0 Å². The maximum Gasteiger partial charge on any atom is 0.130 e. The first-order valence-electron chi connectivity index (χ1n) is 4.98. The minimum absolute atomic E-state index is 0.184. The zero-order valence-electron chi connectivity index (χ0n) is 9.25. The lowest BCUT2D eigenvalue weighted by Crippen LogP contribution is -2.20. The third kappa shape index (κ3) is 4.57. The van der Waals surface area contributed by atoms with Gasteiger partial charge in [0.2, 0.25) is 0 Å². The van der Waals surface area contributed by atoms with Crippen LogP contribution in [0.3, 0.4) is 0 Å². The van der Waals surface area contributed by atoms with E-state index in [9.17, 15) is 0 Å². The van der Waals surface area contributed by atoms with E-state index in [1.165, 1.54) is 0 Å². The zero-order chi connectivity index (χ0) is 11.3. The molecule has 0 bridgehead atoms. The van der Waals surface area contributed by atoms with Crippen molar-refractivity contribution >= 4 is 21.7 Å². The van der Waals surface area contributed by atoms with Crippen LogP contribution < -0.4 is 5.32 Å². The number of hydrogen-bond acceptors (Lipinski definition) is 4. The monoisotopic (exact) mass is 273 g/mol. The van der Waals surface area contributed by atoms with Gasteiger partial charge in [-0.2, -0.15) is 0 Å². The SMILES string of the molecule is CCOC(C)CNc1cc(Br)nc(C)n1. The van der Waals surface area contributed by atoms with Crippen LogP contribution >= 0.6 is 15.9 Å². The number of nitrogens with zero attached hydrogens (tertiary/aromatic N) is 2. The Hall–Kier alpha value is -0.680. The minimum atomic E-state index is 0.184. The highest BCUT2D eigenvalue weighted by atomic mass is 79.9. The molecule has 0 amide bonds. The molecule has 1 aromatic rings. The molecule has 1 unspecified atom stereocenters. The predicted octanol–water partition coefficient (Wildman–Crippen LogP) is 2.38. The van der Waals surface area contributed by atoms with Crippen LogP contribution in [0.25, 0.3) is 0 Å². The Morgan fingerprint density at radius 3 is 2.87 bits per heavy atom. The summed E-state index contributed by atoms with van der Waals surface area (Å²) in [5.41, 5.74) is 0. The Balaban J connectivity index is 2.50. The quantitative estimate of drug-likeness (QED) is 0.837. The summed E-state index contributed by atoms with van der Waals surface area (Å²) in [6.45, 7) is 7.36. The molecule has 1 heterocycles. The Morgan fingerprint density at radius 2 is 2.27 bits per heavy atom. The average Bonchev–Trinajstić information content (AvgIpc) is 2.14. The lowest BCUT2D eigenvalue weighted by molar-refractivity contribution is 0.0855. The molecule has 0 aliphatic carbocycles. The van der Waals surface area contributed by atoms with Crippen LogP contribution in [0.1, 0.15) is 19.7 Å². The van der Waals surface area contributed by atoms with Crippen LogP contribution in [0, 0.1) is 6.92 Å². The van der Waals surface area contributed by atoms with Crippen molar-refractivity contribution < 1.29 is 4.74 Å². The van der Waals surface area contributed by atoms with Gasteiger partial charge in [0.1, 0.15) is 16.2 Å². The van der Waals surface area contributed by atoms with Crippen molar-refractivity contribution in [2.24, 2.45) is 0 Å². The number of rotatable bonds is 5. The summed E-state index contributed by atoms with van der Waals surface area (Å²) in [5, 5.41) is 3.20. The molecule has 0 aromatic carbocycles. The maximum absolute atomic E-state index is 5.41. The largest absolute Gasteiger partial charge is 0.377 e. The maximum atomic E-state index is 5.41. The smallest absolute Gasteiger partial charge is 0.130 e. The summed E-state index contributed by atoms with van der Waals surface area (Å²) >= 11 is 3.33. The normalized spacial score (nSPS) is 12.5. The molecule has 1 aromatic heterocycles. The minimum Gasteiger partial charge on any atom is -0.377 e. The fourth-order valence-electron chi connectivity index (χ4n) is 1.21. The highest BCUT2D eigenvalue weighted by Crippen LogP contribution is 2.11. The highest BCUT2D eigenvalue weighted by molar-refractivity contribution is 9.10. The summed E-state index contributed by atoms with van der Waals surface area (Å²) in [4.78, 5) is 8.39. The molecule has 84 valence electrons. The van der Waals surface area contributed by atoms with E-state index in [2.05, 4.69) is 31.2 Å². The summed E-state index contributed by atoms with van der Waals surface area (Å²) in [5.74, 6) is 1.57. The van der Waals surface area contributed by atoms with Crippen molar-refractivity contribution in [1.82, 2.24) is 9.97 Å². The summed E-state index contributed by atoms with van der Waals surface area (Å²) in [6, 6.07) is 1.85. The molecule has 1 atom stereocenters. The fourth-order valence-corrected chi connectivity index (χ4v) is 1.69. The van der Waals surface area contributed by atoms with Crippen LogP contribution in [-0.4, -0.2) is 29.2 Å². The van der Waals surface area contributed by atoms with Gasteiger partial charge < -0.3 is 10.1 Å². The lowest BCUT2D eigenvalue weighted by Gasteiger charge is -2.13. The standard InChI is InChI=1S/C10H16BrN3O/c1-4-15-7(2)6-12-10-5-9(11)13-8(3)14-10/h5,7H,4,6H2,1-3H3,(H,12,13,14). The van der Waals surface area contributed by atoms with Crippen molar-refractivity contribution in [3.8, 4) is 0 Å². The molecule has 0 radical (unpaired) electrons. The molecular formula is C10H16BrN3O. The predicted molar refractivity (Wildman–Crippen MR) is 64.0 cm³/mol. The van der Waals surface area contributed by atoms with Gasteiger partial charge in [0.15, 0.2) is 0 Å². The van der Waals surface area contributed by atoms with Crippen molar-refractivity contribution in [3.63, 3.8) is 0 Å². The van der Waals surface area contributed by atoms with Gasteiger partial charge in [-0.15, -0.1) is 0 Å². The third-order valence-corrected chi connectivity index (χ3v) is 2.23. The summed E-state index contributed by atoms with van der Waals surface area (Å²) in [6.07, 6.45) is 0.184. The van der Waals surface area contributed by atoms with Gasteiger partial charge in [0.05, 0.1) is 6.10 Å². The van der Waals surface area contributed by atoms with E-state index in [0.29, 0.717) is 0 Å². The average molecular weight is 274 g/mol. The second-order valence-electron chi connectivity index (χ2n) is 3.27. The van der Waals surface area contributed by atoms with Gasteiger partial charge in [-0.05, 0) is 36.7 Å². The first-order chi connectivity index (χ1) is 7.11. The van der Waals surface area contributed by atoms with Gasteiger partial charge in [-0.25, -0.2) is 9.97 Å². The van der Waals surface area contributed by atoms with Crippen molar-refractivity contribution in [3.05, 3.63) is 16.5 Å². The molecule has 0 aliphatic heterocycles. The second kappa shape index (κ2) is 6.02. The van der Waals surface area contributed by atoms with Crippen LogP contribution in [0.5, 0.6) is 0 Å². The fraction of sp³-hybridized carbons (Fsp3) is 0.600. The summed E-state index contributed by atoms with van der Waals surface area (Å²) in [7, 11) is 0. The van der Waals surface area contributed by atoms with Gasteiger partial charge in [0, 0.05) is 19.2 Å². The van der Waals surface area contributed by atoms with Crippen LogP contribution in [0.4, 0.5) is 5.82 Å². The molecule has 1 N–H and O–H groups in total. The van der Waals surface area contributed by atoms with E-state index in [4.69, 9.17) is 4.74 Å². The molecule has 0 fully saturated rings. The van der Waals surface area contributed by atoms with Crippen LogP contribution in [-0.2, 0) is 4.74 Å². The molecule has 0 saturated heterocycles. The van der Waals surface area contributed by atoms with Crippen molar-refractivity contribution in [2.45, 2.75) is 26.9 Å². The molecule has 1 rings (SSSR count). The van der Waals surface area contributed by atoms with Gasteiger partial charge in [0.25, 0.3) is 0 Å². The zero-order valence-corrected chi connectivity index (χ0v) is 10.8. The number of halogens is 1. The van der Waals surface area contributed by atoms with Gasteiger partial charge in [-0.3, -0.25) is 0 Å². The Kier molecular flexibility index (Phi) is 4.98. The Labute approximate surface area is 98.6 Å². The van der Waals surface area contributed by atoms with E-state index < -0.39 is 0 Å². The number of aromatic nitrogens is 2. The molecule has 0 saturated carbocycles. The topological polar surface area (TPSA) is 47.0 Å². The lowest BCUT2D eigenvalue weighted by atomic mass is 10.4. The van der Waals surface area contributed by atoms with Gasteiger partial charge in [-0.1, -0.05) is 0 Å². The number of anilines is 1. The van der Waals surface area contributed by atoms with Crippen molar-refractivity contribution in [2.75, 3.05) is 18.5 Å². The summed E-state index contributed by atoms with van der Waals surface area (Å²) < 4.78 is 6.20. The molecule has 0 spiro atoms. The Bertz CT molecular complexity index is 299. The number of nitrogens with one attached hydrogen (secondary N) is 1. The molecule has 0 aliphatic rings. The molecule has 4 nitrogen and oxygen atoms in total. The van der Waals surface area contributed by atoms with E-state index in [0.717, 1.165) is 29.4 Å². The first-order valence-corrected chi connectivity index (χ1v) is 5.77.